The van der Waals surface area contributed by atoms with Gasteiger partial charge in [0.2, 0.25) is 11.1 Å². The van der Waals surface area contributed by atoms with Gasteiger partial charge in [-0.15, -0.1) is 16.4 Å². The lowest BCUT2D eigenvalue weighted by Gasteiger charge is -2.17. The summed E-state index contributed by atoms with van der Waals surface area (Å²) in [6.45, 7) is 0.551. The summed E-state index contributed by atoms with van der Waals surface area (Å²) in [5.74, 6) is 1.90. The fraction of sp³-hybridized carbons (Fsp3) is 0.190. The maximum atomic E-state index is 12.5. The summed E-state index contributed by atoms with van der Waals surface area (Å²) >= 11 is 2.94. The number of hydrogen-bond donors (Lipinski definition) is 1. The summed E-state index contributed by atoms with van der Waals surface area (Å²) < 4.78 is 5.27. The molecule has 0 aliphatic heterocycles. The number of thioether (sulfide) groups is 1. The van der Waals surface area contributed by atoms with E-state index in [1.165, 1.54) is 11.8 Å². The minimum absolute atomic E-state index is 0.0345. The molecular weight excluding hydrogens is 404 g/mol. The van der Waals surface area contributed by atoms with Gasteiger partial charge in [0.25, 0.3) is 0 Å². The highest BCUT2D eigenvalue weighted by molar-refractivity contribution is 7.99. The smallest absolute Gasteiger partial charge is 0.233 e. The van der Waals surface area contributed by atoms with Crippen LogP contribution in [0.5, 0.6) is 5.75 Å². The second kappa shape index (κ2) is 8.67. The Morgan fingerprint density at radius 1 is 1.21 bits per heavy atom. The van der Waals surface area contributed by atoms with Crippen LogP contribution in [-0.4, -0.2) is 45.9 Å². The third-order valence-corrected chi connectivity index (χ3v) is 6.21. The molecule has 1 N–H and O–H groups in total. The van der Waals surface area contributed by atoms with Crippen molar-refractivity contribution in [2.75, 3.05) is 19.9 Å². The lowest BCUT2D eigenvalue weighted by molar-refractivity contribution is -0.127. The van der Waals surface area contributed by atoms with Crippen LogP contribution >= 0.6 is 23.1 Å². The van der Waals surface area contributed by atoms with E-state index in [0.717, 1.165) is 32.8 Å². The number of hydrogen-bond acceptors (Lipinski definition) is 6. The first-order valence-electron chi connectivity index (χ1n) is 9.02. The molecule has 2 heterocycles. The summed E-state index contributed by atoms with van der Waals surface area (Å²) in [7, 11) is 3.48. The highest BCUT2D eigenvalue weighted by atomic mass is 32.2. The van der Waals surface area contributed by atoms with Gasteiger partial charge in [-0.2, -0.15) is 0 Å². The Kier molecular flexibility index (Phi) is 5.82. The highest BCUT2D eigenvalue weighted by Crippen LogP contribution is 2.24. The molecule has 148 valence electrons. The predicted molar refractivity (Wildman–Crippen MR) is 117 cm³/mol. The van der Waals surface area contributed by atoms with E-state index in [9.17, 15) is 4.79 Å². The van der Waals surface area contributed by atoms with Crippen molar-refractivity contribution >= 4 is 39.8 Å². The SMILES string of the molecule is COc1ccc2cc(CN(C)C(=O)CSc3n[nH]c(-c4cccs4)n3)ccc2c1. The van der Waals surface area contributed by atoms with Gasteiger partial charge >= 0.3 is 0 Å². The van der Waals surface area contributed by atoms with Crippen molar-refractivity contribution in [1.82, 2.24) is 20.1 Å². The lowest BCUT2D eigenvalue weighted by Crippen LogP contribution is -2.27. The zero-order valence-electron chi connectivity index (χ0n) is 16.1. The predicted octanol–water partition coefficient (Wildman–Crippen LogP) is 4.45. The Morgan fingerprint density at radius 2 is 2.03 bits per heavy atom. The molecule has 2 aromatic carbocycles. The van der Waals surface area contributed by atoms with Gasteiger partial charge < -0.3 is 9.64 Å². The van der Waals surface area contributed by atoms with Crippen LogP contribution in [0, 0.1) is 0 Å². The largest absolute Gasteiger partial charge is 0.497 e. The second-order valence-electron chi connectivity index (χ2n) is 6.53. The van der Waals surface area contributed by atoms with E-state index < -0.39 is 0 Å². The zero-order valence-corrected chi connectivity index (χ0v) is 17.7. The van der Waals surface area contributed by atoms with Crippen LogP contribution in [0.1, 0.15) is 5.56 Å². The number of ether oxygens (including phenoxy) is 1. The van der Waals surface area contributed by atoms with Crippen molar-refractivity contribution in [3.63, 3.8) is 0 Å². The number of rotatable bonds is 7. The van der Waals surface area contributed by atoms with E-state index >= 15 is 0 Å². The van der Waals surface area contributed by atoms with Crippen molar-refractivity contribution in [1.29, 1.82) is 0 Å². The topological polar surface area (TPSA) is 71.1 Å². The van der Waals surface area contributed by atoms with Crippen LogP contribution in [0.15, 0.2) is 59.1 Å². The van der Waals surface area contributed by atoms with Crippen LogP contribution in [0.2, 0.25) is 0 Å². The van der Waals surface area contributed by atoms with Crippen LogP contribution < -0.4 is 4.74 Å². The van der Waals surface area contributed by atoms with E-state index in [2.05, 4.69) is 27.3 Å². The maximum Gasteiger partial charge on any atom is 0.233 e. The van der Waals surface area contributed by atoms with Gasteiger partial charge in [-0.25, -0.2) is 4.98 Å². The highest BCUT2D eigenvalue weighted by Gasteiger charge is 2.13. The van der Waals surface area contributed by atoms with Gasteiger partial charge in [0, 0.05) is 13.6 Å². The average molecular weight is 425 g/mol. The van der Waals surface area contributed by atoms with E-state index in [1.807, 2.05) is 48.8 Å². The molecule has 1 amide bonds. The number of nitrogens with one attached hydrogen (secondary N) is 1. The molecule has 0 saturated carbocycles. The fourth-order valence-corrected chi connectivity index (χ4v) is 4.33. The van der Waals surface area contributed by atoms with E-state index in [4.69, 9.17) is 4.74 Å². The molecule has 0 saturated heterocycles. The summed E-state index contributed by atoms with van der Waals surface area (Å²) in [6, 6.07) is 16.1. The number of aromatic nitrogens is 3. The number of benzene rings is 2. The number of nitrogens with zero attached hydrogens (tertiary/aromatic N) is 3. The standard InChI is InChI=1S/C21H20N4O2S2/c1-25(12-14-5-6-16-11-17(27-2)8-7-15(16)10-14)19(26)13-29-21-22-20(23-24-21)18-4-3-9-28-18/h3-11H,12-13H2,1-2H3,(H,22,23,24). The molecule has 0 unspecified atom stereocenters. The van der Waals surface area contributed by atoms with Crippen molar-refractivity contribution in [2.24, 2.45) is 0 Å². The molecule has 29 heavy (non-hydrogen) atoms. The number of H-pyrrole nitrogens is 1. The fourth-order valence-electron chi connectivity index (χ4n) is 2.93. The molecule has 0 spiro atoms. The van der Waals surface area contributed by atoms with E-state index in [1.54, 1.807) is 23.3 Å². The minimum Gasteiger partial charge on any atom is -0.497 e. The van der Waals surface area contributed by atoms with E-state index in [-0.39, 0.29) is 5.91 Å². The maximum absolute atomic E-state index is 12.5. The third-order valence-electron chi connectivity index (χ3n) is 4.50. The zero-order chi connectivity index (χ0) is 20.2. The molecule has 2 aromatic heterocycles. The number of aromatic amines is 1. The molecule has 0 aliphatic rings. The normalized spacial score (nSPS) is 11.0. The first-order chi connectivity index (χ1) is 14.1. The average Bonchev–Trinajstić information content (AvgIpc) is 3.43. The van der Waals surface area contributed by atoms with Gasteiger partial charge in [-0.3, -0.25) is 9.89 Å². The Labute approximate surface area is 176 Å². The number of methoxy groups -OCH3 is 1. The van der Waals surface area contributed by atoms with Crippen LogP contribution in [0.25, 0.3) is 21.5 Å². The molecule has 0 radical (unpaired) electrons. The van der Waals surface area contributed by atoms with Gasteiger partial charge in [-0.1, -0.05) is 36.0 Å². The van der Waals surface area contributed by atoms with Crippen molar-refractivity contribution in [3.05, 3.63) is 59.5 Å². The van der Waals surface area contributed by atoms with Crippen molar-refractivity contribution < 1.29 is 9.53 Å². The summed E-state index contributed by atoms with van der Waals surface area (Å²) in [5, 5.41) is 11.9. The lowest BCUT2D eigenvalue weighted by atomic mass is 10.1. The summed E-state index contributed by atoms with van der Waals surface area (Å²) in [4.78, 5) is 19.7. The van der Waals surface area contributed by atoms with Crippen LogP contribution in [0.3, 0.4) is 0 Å². The van der Waals surface area contributed by atoms with Crippen molar-refractivity contribution in [3.8, 4) is 16.5 Å². The molecular formula is C21H20N4O2S2. The first-order valence-corrected chi connectivity index (χ1v) is 10.9. The van der Waals surface area contributed by atoms with Crippen LogP contribution in [-0.2, 0) is 11.3 Å². The Hall–Kier alpha value is -2.84. The Bertz CT molecular complexity index is 1120. The van der Waals surface area contributed by atoms with Gasteiger partial charge in [0.05, 0.1) is 17.7 Å². The molecule has 0 aliphatic carbocycles. The quantitative estimate of drug-likeness (QED) is 0.444. The molecule has 0 fully saturated rings. The number of amides is 1. The minimum atomic E-state index is 0.0345. The third kappa shape index (κ3) is 4.60. The molecule has 6 nitrogen and oxygen atoms in total. The number of fused-ring (bicyclic) bond motifs is 1. The van der Waals surface area contributed by atoms with Gasteiger partial charge in [0.15, 0.2) is 5.82 Å². The molecule has 8 heteroatoms. The second-order valence-corrected chi connectivity index (χ2v) is 8.42. The van der Waals surface area contributed by atoms with Gasteiger partial charge in [-0.05, 0) is 46.0 Å². The Morgan fingerprint density at radius 3 is 2.83 bits per heavy atom. The molecule has 4 aromatic rings. The summed E-state index contributed by atoms with van der Waals surface area (Å²) in [5.41, 5.74) is 1.08. The molecule has 0 bridgehead atoms. The van der Waals surface area contributed by atoms with Crippen LogP contribution in [0.4, 0.5) is 0 Å². The number of carbonyl (C=O) groups excluding carboxylic acids is 1. The monoisotopic (exact) mass is 424 g/mol. The number of thiophene rings is 1. The molecule has 0 atom stereocenters. The number of carbonyl (C=O) groups is 1. The van der Waals surface area contributed by atoms with Gasteiger partial charge in [0.1, 0.15) is 5.75 Å². The van der Waals surface area contributed by atoms with Crippen molar-refractivity contribution in [2.45, 2.75) is 11.7 Å². The first kappa shape index (κ1) is 19.5. The molecule has 4 rings (SSSR count). The Balaban J connectivity index is 1.35. The van der Waals surface area contributed by atoms with E-state index in [0.29, 0.717) is 17.5 Å². The summed E-state index contributed by atoms with van der Waals surface area (Å²) in [6.07, 6.45) is 0.